The summed E-state index contributed by atoms with van der Waals surface area (Å²) in [5, 5.41) is 13.1. The monoisotopic (exact) mass is 342 g/mol. The van der Waals surface area contributed by atoms with Gasteiger partial charge in [-0.15, -0.1) is 10.2 Å². The van der Waals surface area contributed by atoms with E-state index >= 15 is 0 Å². The zero-order chi connectivity index (χ0) is 16.9. The van der Waals surface area contributed by atoms with E-state index in [4.69, 9.17) is 9.15 Å². The molecule has 0 aliphatic carbocycles. The normalized spacial score (nSPS) is 11.3. The van der Waals surface area contributed by atoms with Gasteiger partial charge in [0.25, 0.3) is 0 Å². The third-order valence-corrected chi connectivity index (χ3v) is 4.02. The first-order valence-corrected chi connectivity index (χ1v) is 8.67. The summed E-state index contributed by atoms with van der Waals surface area (Å²) in [4.78, 5) is 0. The van der Waals surface area contributed by atoms with Crippen LogP contribution in [0, 0.1) is 13.8 Å². The molecule has 0 spiro atoms. The molecule has 1 aromatic carbocycles. The lowest BCUT2D eigenvalue weighted by atomic mass is 10.2. The fraction of sp³-hybridized carbons (Fsp3) is 0.235. The van der Waals surface area contributed by atoms with E-state index in [2.05, 4.69) is 15.3 Å². The Balaban J connectivity index is 1.66. The van der Waals surface area contributed by atoms with E-state index in [0.29, 0.717) is 12.4 Å². The Labute approximate surface area is 144 Å². The summed E-state index contributed by atoms with van der Waals surface area (Å²) in [6, 6.07) is 11.6. The predicted molar refractivity (Wildman–Crippen MR) is 93.8 cm³/mol. The fourth-order valence-electron chi connectivity index (χ4n) is 2.12. The van der Waals surface area contributed by atoms with E-state index in [1.54, 1.807) is 10.9 Å². The highest BCUT2D eigenvalue weighted by Crippen LogP contribution is 2.18. The molecule has 6 nitrogen and oxygen atoms in total. The van der Waals surface area contributed by atoms with Gasteiger partial charge in [0.05, 0.1) is 6.21 Å². The molecule has 0 fully saturated rings. The van der Waals surface area contributed by atoms with Gasteiger partial charge in [-0.05, 0) is 43.9 Å². The standard InChI is InChI=1S/C17H18N4O2S/c1-12-6-4-5-7-16(12)22-11-15-9-8-14(23-15)10-18-21-13(2)19-20-17(21)24-3/h4-10H,11H2,1-3H3/b18-10-. The Morgan fingerprint density at radius 1 is 1.21 bits per heavy atom. The molecule has 0 N–H and O–H groups in total. The van der Waals surface area contributed by atoms with Crippen LogP contribution < -0.4 is 4.74 Å². The smallest absolute Gasteiger partial charge is 0.211 e. The highest BCUT2D eigenvalue weighted by molar-refractivity contribution is 7.98. The Kier molecular flexibility index (Phi) is 5.00. The van der Waals surface area contributed by atoms with Crippen LogP contribution in [-0.2, 0) is 6.61 Å². The first-order valence-electron chi connectivity index (χ1n) is 7.45. The number of nitrogens with zero attached hydrogens (tertiary/aromatic N) is 4. The second-order valence-electron chi connectivity index (χ2n) is 5.15. The summed E-state index contributed by atoms with van der Waals surface area (Å²) < 4.78 is 13.2. The number of thioether (sulfide) groups is 1. The molecular weight excluding hydrogens is 324 g/mol. The SMILES string of the molecule is CSc1nnc(C)n1/N=C\c1ccc(COc2ccccc2C)o1. The van der Waals surface area contributed by atoms with Crippen LogP contribution in [0.4, 0.5) is 0 Å². The van der Waals surface area contributed by atoms with Crippen LogP contribution in [0.25, 0.3) is 0 Å². The van der Waals surface area contributed by atoms with Gasteiger partial charge in [0.15, 0.2) is 5.82 Å². The van der Waals surface area contributed by atoms with Crippen molar-refractivity contribution in [3.05, 3.63) is 59.3 Å². The summed E-state index contributed by atoms with van der Waals surface area (Å²) in [6.45, 7) is 4.24. The Morgan fingerprint density at radius 3 is 2.83 bits per heavy atom. The van der Waals surface area contributed by atoms with Crippen molar-refractivity contribution < 1.29 is 9.15 Å². The summed E-state index contributed by atoms with van der Waals surface area (Å²) in [7, 11) is 0. The number of rotatable bonds is 6. The zero-order valence-corrected chi connectivity index (χ0v) is 14.6. The summed E-state index contributed by atoms with van der Waals surface area (Å²) in [6.07, 6.45) is 3.58. The van der Waals surface area contributed by atoms with Gasteiger partial charge in [-0.25, -0.2) is 0 Å². The van der Waals surface area contributed by atoms with Crippen molar-refractivity contribution in [1.29, 1.82) is 0 Å². The van der Waals surface area contributed by atoms with Crippen LogP contribution in [0.5, 0.6) is 5.75 Å². The second kappa shape index (κ2) is 7.35. The van der Waals surface area contributed by atoms with Gasteiger partial charge >= 0.3 is 0 Å². The topological polar surface area (TPSA) is 65.4 Å². The second-order valence-corrected chi connectivity index (χ2v) is 5.92. The predicted octanol–water partition coefficient (Wildman–Crippen LogP) is 3.67. The first-order chi connectivity index (χ1) is 11.7. The van der Waals surface area contributed by atoms with E-state index in [-0.39, 0.29) is 0 Å². The van der Waals surface area contributed by atoms with Crippen molar-refractivity contribution in [1.82, 2.24) is 14.9 Å². The molecule has 0 unspecified atom stereocenters. The molecule has 0 bridgehead atoms. The fourth-order valence-corrected chi connectivity index (χ4v) is 2.60. The van der Waals surface area contributed by atoms with Crippen molar-refractivity contribution in [2.24, 2.45) is 5.10 Å². The summed E-state index contributed by atoms with van der Waals surface area (Å²) >= 11 is 1.49. The first kappa shape index (κ1) is 16.3. The van der Waals surface area contributed by atoms with Gasteiger partial charge < -0.3 is 9.15 Å². The van der Waals surface area contributed by atoms with Crippen molar-refractivity contribution in [2.45, 2.75) is 25.6 Å². The van der Waals surface area contributed by atoms with Crippen LogP contribution in [0.15, 0.2) is 51.1 Å². The Bertz CT molecular complexity index is 854. The molecule has 0 atom stereocenters. The Hall–Kier alpha value is -2.54. The van der Waals surface area contributed by atoms with Crippen LogP contribution in [-0.4, -0.2) is 27.3 Å². The number of hydrogen-bond acceptors (Lipinski definition) is 6. The van der Waals surface area contributed by atoms with E-state index in [0.717, 1.165) is 28.1 Å². The van der Waals surface area contributed by atoms with E-state index in [1.807, 2.05) is 56.5 Å². The number of para-hydroxylation sites is 1. The summed E-state index contributed by atoms with van der Waals surface area (Å²) in [5.41, 5.74) is 1.10. The highest BCUT2D eigenvalue weighted by Gasteiger charge is 2.07. The van der Waals surface area contributed by atoms with Gasteiger partial charge in [0.2, 0.25) is 5.16 Å². The average molecular weight is 342 g/mol. The van der Waals surface area contributed by atoms with Gasteiger partial charge in [-0.1, -0.05) is 30.0 Å². The number of aromatic nitrogens is 3. The maximum Gasteiger partial charge on any atom is 0.211 e. The molecule has 0 amide bonds. The van der Waals surface area contributed by atoms with Gasteiger partial charge in [-0.2, -0.15) is 9.78 Å². The van der Waals surface area contributed by atoms with Crippen LogP contribution in [0.3, 0.4) is 0 Å². The third kappa shape index (κ3) is 3.68. The number of hydrogen-bond donors (Lipinski definition) is 0. The van der Waals surface area contributed by atoms with Crippen molar-refractivity contribution in [3.8, 4) is 5.75 Å². The molecule has 0 saturated carbocycles. The summed E-state index contributed by atoms with van der Waals surface area (Å²) in [5.74, 6) is 2.97. The minimum absolute atomic E-state index is 0.375. The molecule has 3 rings (SSSR count). The van der Waals surface area contributed by atoms with Crippen molar-refractivity contribution in [3.63, 3.8) is 0 Å². The number of furan rings is 1. The van der Waals surface area contributed by atoms with E-state index < -0.39 is 0 Å². The molecule has 0 aliphatic heterocycles. The number of aryl methyl sites for hydroxylation is 2. The molecule has 2 heterocycles. The van der Waals surface area contributed by atoms with Gasteiger partial charge in [0, 0.05) is 0 Å². The lowest BCUT2D eigenvalue weighted by Gasteiger charge is -2.06. The molecule has 7 heteroatoms. The quantitative estimate of drug-likeness (QED) is 0.505. The number of ether oxygens (including phenoxy) is 1. The maximum atomic E-state index is 5.78. The molecule has 124 valence electrons. The Morgan fingerprint density at radius 2 is 2.04 bits per heavy atom. The average Bonchev–Trinajstić information content (AvgIpc) is 3.18. The highest BCUT2D eigenvalue weighted by atomic mass is 32.2. The third-order valence-electron chi connectivity index (χ3n) is 3.40. The minimum Gasteiger partial charge on any atom is -0.485 e. The maximum absolute atomic E-state index is 5.78. The molecule has 0 radical (unpaired) electrons. The van der Waals surface area contributed by atoms with Crippen LogP contribution in [0.2, 0.25) is 0 Å². The van der Waals surface area contributed by atoms with E-state index in [1.165, 1.54) is 11.8 Å². The molecule has 0 aliphatic rings. The molecular formula is C17H18N4O2S. The van der Waals surface area contributed by atoms with Crippen molar-refractivity contribution in [2.75, 3.05) is 6.26 Å². The largest absolute Gasteiger partial charge is 0.485 e. The van der Waals surface area contributed by atoms with Gasteiger partial charge in [-0.3, -0.25) is 0 Å². The molecule has 2 aromatic heterocycles. The molecule has 0 saturated heterocycles. The van der Waals surface area contributed by atoms with Gasteiger partial charge in [0.1, 0.15) is 23.9 Å². The number of benzene rings is 1. The van der Waals surface area contributed by atoms with Crippen molar-refractivity contribution >= 4 is 18.0 Å². The molecule has 24 heavy (non-hydrogen) atoms. The van der Waals surface area contributed by atoms with Crippen LogP contribution >= 0.6 is 11.8 Å². The lowest BCUT2D eigenvalue weighted by Crippen LogP contribution is -1.96. The lowest BCUT2D eigenvalue weighted by molar-refractivity contribution is 0.268. The molecule has 3 aromatic rings. The van der Waals surface area contributed by atoms with Crippen LogP contribution in [0.1, 0.15) is 22.9 Å². The minimum atomic E-state index is 0.375. The zero-order valence-electron chi connectivity index (χ0n) is 13.8. The van der Waals surface area contributed by atoms with E-state index in [9.17, 15) is 0 Å².